The summed E-state index contributed by atoms with van der Waals surface area (Å²) < 4.78 is 28.6. The number of nitrogens with zero attached hydrogens (tertiary/aromatic N) is 2. The van der Waals surface area contributed by atoms with Crippen molar-refractivity contribution < 1.29 is 17.5 Å². The Labute approximate surface area is 99.0 Å². The molecule has 0 aliphatic carbocycles. The third kappa shape index (κ3) is 3.14. The summed E-state index contributed by atoms with van der Waals surface area (Å²) in [5.74, 6) is -0.0482. The van der Waals surface area contributed by atoms with Gasteiger partial charge in [0.2, 0.25) is 0 Å². The molecule has 17 heavy (non-hydrogen) atoms. The third-order valence-electron chi connectivity index (χ3n) is 2.02. The lowest BCUT2D eigenvalue weighted by Gasteiger charge is -2.13. The number of nitro groups is 1. The van der Waals surface area contributed by atoms with Gasteiger partial charge in [0.15, 0.2) is 5.75 Å². The van der Waals surface area contributed by atoms with Gasteiger partial charge in [-0.2, -0.15) is 12.7 Å². The van der Waals surface area contributed by atoms with E-state index >= 15 is 0 Å². The molecule has 8 heteroatoms. The molecule has 7 nitrogen and oxygen atoms in total. The third-order valence-corrected chi connectivity index (χ3v) is 3.31. The first-order valence-electron chi connectivity index (χ1n) is 4.61. The summed E-state index contributed by atoms with van der Waals surface area (Å²) in [6.45, 7) is 1.60. The summed E-state index contributed by atoms with van der Waals surface area (Å²) in [4.78, 5) is 9.94. The molecule has 0 N–H and O–H groups in total. The monoisotopic (exact) mass is 260 g/mol. The molecule has 0 heterocycles. The van der Waals surface area contributed by atoms with Crippen molar-refractivity contribution >= 4 is 16.0 Å². The zero-order valence-electron chi connectivity index (χ0n) is 9.58. The Bertz CT molecular complexity index is 538. The van der Waals surface area contributed by atoms with Gasteiger partial charge in [-0.05, 0) is 18.6 Å². The average Bonchev–Trinajstić information content (AvgIpc) is 2.20. The highest BCUT2D eigenvalue weighted by Gasteiger charge is 2.19. The molecule has 1 aromatic carbocycles. The molecule has 0 atom stereocenters. The topological polar surface area (TPSA) is 89.7 Å². The molecular formula is C9H12N2O5S. The maximum atomic E-state index is 11.5. The minimum atomic E-state index is -3.91. The van der Waals surface area contributed by atoms with Crippen LogP contribution in [0.5, 0.6) is 5.75 Å². The number of non-ortho nitro benzene ring substituents is 1. The molecule has 0 unspecified atom stereocenters. The molecule has 0 fully saturated rings. The van der Waals surface area contributed by atoms with E-state index < -0.39 is 15.2 Å². The van der Waals surface area contributed by atoms with Crippen LogP contribution in [0.15, 0.2) is 18.2 Å². The van der Waals surface area contributed by atoms with Gasteiger partial charge in [-0.1, -0.05) is 0 Å². The zero-order valence-corrected chi connectivity index (χ0v) is 10.4. The Hall–Kier alpha value is -1.67. The van der Waals surface area contributed by atoms with Gasteiger partial charge in [0.25, 0.3) is 5.69 Å². The lowest BCUT2D eigenvalue weighted by Crippen LogP contribution is -2.27. The Kier molecular flexibility index (Phi) is 3.69. The van der Waals surface area contributed by atoms with Gasteiger partial charge in [-0.15, -0.1) is 0 Å². The van der Waals surface area contributed by atoms with Gasteiger partial charge >= 0.3 is 10.3 Å². The molecule has 1 rings (SSSR count). The first kappa shape index (κ1) is 13.4. The molecule has 0 radical (unpaired) electrons. The van der Waals surface area contributed by atoms with Crippen LogP contribution in [0, 0.1) is 17.0 Å². The summed E-state index contributed by atoms with van der Waals surface area (Å²) in [7, 11) is -1.29. The van der Waals surface area contributed by atoms with E-state index in [0.29, 0.717) is 5.56 Å². The van der Waals surface area contributed by atoms with Crippen LogP contribution in [0.3, 0.4) is 0 Å². The summed E-state index contributed by atoms with van der Waals surface area (Å²) in [5, 5.41) is 10.6. The smallest absolute Gasteiger partial charge is 0.370 e. The fourth-order valence-corrected chi connectivity index (χ4v) is 1.54. The molecular weight excluding hydrogens is 248 g/mol. The Morgan fingerprint density at radius 3 is 2.41 bits per heavy atom. The zero-order chi connectivity index (χ0) is 13.2. The Balaban J connectivity index is 3.15. The van der Waals surface area contributed by atoms with Crippen molar-refractivity contribution in [2.45, 2.75) is 6.92 Å². The first-order valence-corrected chi connectivity index (χ1v) is 5.97. The van der Waals surface area contributed by atoms with Crippen molar-refractivity contribution in [3.05, 3.63) is 33.9 Å². The van der Waals surface area contributed by atoms with Gasteiger partial charge in [-0.3, -0.25) is 10.1 Å². The lowest BCUT2D eigenvalue weighted by atomic mass is 10.2. The van der Waals surface area contributed by atoms with Gasteiger partial charge in [-0.25, -0.2) is 0 Å². The highest BCUT2D eigenvalue weighted by atomic mass is 32.2. The van der Waals surface area contributed by atoms with Crippen molar-refractivity contribution in [2.75, 3.05) is 14.1 Å². The number of benzene rings is 1. The molecule has 0 aliphatic heterocycles. The van der Waals surface area contributed by atoms with Crippen LogP contribution in [0.2, 0.25) is 0 Å². The van der Waals surface area contributed by atoms with Crippen LogP contribution < -0.4 is 4.18 Å². The minimum absolute atomic E-state index is 0.0482. The van der Waals surface area contributed by atoms with Crippen LogP contribution in [0.4, 0.5) is 5.69 Å². The highest BCUT2D eigenvalue weighted by Crippen LogP contribution is 2.25. The van der Waals surface area contributed by atoms with E-state index in [-0.39, 0.29) is 11.4 Å². The predicted molar refractivity (Wildman–Crippen MR) is 61.1 cm³/mol. The van der Waals surface area contributed by atoms with Gasteiger partial charge in [0.05, 0.1) is 11.0 Å². The Morgan fingerprint density at radius 1 is 1.35 bits per heavy atom. The average molecular weight is 260 g/mol. The second-order valence-corrected chi connectivity index (χ2v) is 5.28. The fourth-order valence-electron chi connectivity index (χ4n) is 0.980. The van der Waals surface area contributed by atoms with Gasteiger partial charge in [0.1, 0.15) is 0 Å². The standard InChI is InChI=1S/C9H12N2O5S/c1-7-4-5-8(11(12)13)6-9(7)16-17(14,15)10(2)3/h4-6H,1-3H3. The van der Waals surface area contributed by atoms with E-state index in [1.165, 1.54) is 26.2 Å². The van der Waals surface area contributed by atoms with Gasteiger partial charge in [0, 0.05) is 20.2 Å². The number of rotatable bonds is 4. The molecule has 0 spiro atoms. The first-order chi connectivity index (χ1) is 7.74. The number of hydrogen-bond acceptors (Lipinski definition) is 5. The maximum absolute atomic E-state index is 11.5. The number of hydrogen-bond donors (Lipinski definition) is 0. The summed E-state index contributed by atoms with van der Waals surface area (Å²) in [6, 6.07) is 3.79. The van der Waals surface area contributed by atoms with Crippen molar-refractivity contribution in [3.8, 4) is 5.75 Å². The predicted octanol–water partition coefficient (Wildman–Crippen LogP) is 1.09. The van der Waals surface area contributed by atoms with E-state index in [2.05, 4.69) is 0 Å². The van der Waals surface area contributed by atoms with Crippen molar-refractivity contribution in [3.63, 3.8) is 0 Å². The minimum Gasteiger partial charge on any atom is -0.370 e. The molecule has 0 amide bonds. The van der Waals surface area contributed by atoms with Crippen LogP contribution in [0.1, 0.15) is 5.56 Å². The molecule has 94 valence electrons. The number of nitro benzene ring substituents is 1. The molecule has 1 aromatic rings. The summed E-state index contributed by atoms with van der Waals surface area (Å²) >= 11 is 0. The van der Waals surface area contributed by atoms with Crippen LogP contribution in [-0.4, -0.2) is 31.7 Å². The van der Waals surface area contributed by atoms with Crippen LogP contribution in [0.25, 0.3) is 0 Å². The largest absolute Gasteiger partial charge is 0.384 e. The van der Waals surface area contributed by atoms with Crippen molar-refractivity contribution in [2.24, 2.45) is 0 Å². The highest BCUT2D eigenvalue weighted by molar-refractivity contribution is 7.84. The van der Waals surface area contributed by atoms with Crippen LogP contribution >= 0.6 is 0 Å². The summed E-state index contributed by atoms with van der Waals surface area (Å²) in [5.41, 5.74) is 0.278. The summed E-state index contributed by atoms with van der Waals surface area (Å²) in [6.07, 6.45) is 0. The van der Waals surface area contributed by atoms with Crippen molar-refractivity contribution in [1.29, 1.82) is 0 Å². The van der Waals surface area contributed by atoms with Crippen LogP contribution in [-0.2, 0) is 10.3 Å². The Morgan fingerprint density at radius 2 is 1.94 bits per heavy atom. The van der Waals surface area contributed by atoms with E-state index in [4.69, 9.17) is 4.18 Å². The van der Waals surface area contributed by atoms with E-state index in [0.717, 1.165) is 10.4 Å². The van der Waals surface area contributed by atoms with E-state index in [9.17, 15) is 18.5 Å². The van der Waals surface area contributed by atoms with Crippen molar-refractivity contribution in [1.82, 2.24) is 4.31 Å². The van der Waals surface area contributed by atoms with E-state index in [1.807, 2.05) is 0 Å². The quantitative estimate of drug-likeness (QED) is 0.597. The molecule has 0 saturated heterocycles. The SMILES string of the molecule is Cc1ccc([N+](=O)[O-])cc1OS(=O)(=O)N(C)C. The second kappa shape index (κ2) is 4.68. The number of aryl methyl sites for hydroxylation is 1. The lowest BCUT2D eigenvalue weighted by molar-refractivity contribution is -0.384. The molecule has 0 bridgehead atoms. The second-order valence-electron chi connectivity index (χ2n) is 3.53. The maximum Gasteiger partial charge on any atom is 0.384 e. The molecule has 0 aliphatic rings. The van der Waals surface area contributed by atoms with E-state index in [1.54, 1.807) is 6.92 Å². The van der Waals surface area contributed by atoms with Gasteiger partial charge < -0.3 is 4.18 Å². The molecule has 0 aromatic heterocycles. The fraction of sp³-hybridized carbons (Fsp3) is 0.333. The normalized spacial score (nSPS) is 11.5. The molecule has 0 saturated carbocycles.